The first kappa shape index (κ1) is 16.5. The summed E-state index contributed by atoms with van der Waals surface area (Å²) in [5.41, 5.74) is 1.04. The average Bonchev–Trinajstić information content (AvgIpc) is 2.41. The van der Waals surface area contributed by atoms with Gasteiger partial charge in [-0.1, -0.05) is 63.1 Å². The maximum Gasteiger partial charge on any atom is 0.141 e. The Hall–Kier alpha value is -0.600. The molecule has 3 heteroatoms. The number of unbranched alkanes of at least 4 members (excludes halogenated alkanes) is 6. The van der Waals surface area contributed by atoms with Gasteiger partial charge in [0.25, 0.3) is 0 Å². The van der Waals surface area contributed by atoms with E-state index in [9.17, 15) is 4.39 Å². The van der Waals surface area contributed by atoms with Gasteiger partial charge in [-0.25, -0.2) is 4.39 Å². The smallest absolute Gasteiger partial charge is 0.141 e. The first-order valence-electron chi connectivity index (χ1n) is 7.38. The SMILES string of the molecule is CCCCCCCCCNCc1ccc(F)c(Cl)c1. The van der Waals surface area contributed by atoms with Crippen molar-refractivity contribution in [2.24, 2.45) is 0 Å². The molecule has 1 aromatic rings. The summed E-state index contributed by atoms with van der Waals surface area (Å²) in [4.78, 5) is 0. The van der Waals surface area contributed by atoms with Gasteiger partial charge in [0.05, 0.1) is 5.02 Å². The Morgan fingerprint density at radius 1 is 1.05 bits per heavy atom. The van der Waals surface area contributed by atoms with Gasteiger partial charge < -0.3 is 5.32 Å². The van der Waals surface area contributed by atoms with Crippen molar-refractivity contribution >= 4 is 11.6 Å². The standard InChI is InChI=1S/C16H25ClFN/c1-2-3-4-5-6-7-8-11-19-13-14-9-10-16(18)15(17)12-14/h9-10,12,19H,2-8,11,13H2,1H3. The molecule has 0 unspecified atom stereocenters. The molecule has 1 aromatic carbocycles. The van der Waals surface area contributed by atoms with E-state index in [1.54, 1.807) is 12.1 Å². The Bertz CT molecular complexity index is 355. The summed E-state index contributed by atoms with van der Waals surface area (Å²) in [6, 6.07) is 4.89. The van der Waals surface area contributed by atoms with Crippen LogP contribution < -0.4 is 5.32 Å². The lowest BCUT2D eigenvalue weighted by molar-refractivity contribution is 0.562. The largest absolute Gasteiger partial charge is 0.313 e. The minimum Gasteiger partial charge on any atom is -0.313 e. The third kappa shape index (κ3) is 7.54. The maximum atomic E-state index is 13.0. The van der Waals surface area contributed by atoms with Crippen LogP contribution in [0.1, 0.15) is 57.4 Å². The van der Waals surface area contributed by atoms with Crippen LogP contribution in [0.15, 0.2) is 18.2 Å². The summed E-state index contributed by atoms with van der Waals surface area (Å²) in [6.45, 7) is 4.02. The van der Waals surface area contributed by atoms with Crippen LogP contribution in [0, 0.1) is 5.82 Å². The molecule has 19 heavy (non-hydrogen) atoms. The molecule has 1 nitrogen and oxygen atoms in total. The van der Waals surface area contributed by atoms with Crippen molar-refractivity contribution in [3.05, 3.63) is 34.6 Å². The van der Waals surface area contributed by atoms with E-state index in [1.807, 2.05) is 0 Å². The predicted octanol–water partition coefficient (Wildman–Crippen LogP) is 5.32. The molecule has 0 fully saturated rings. The molecule has 1 rings (SSSR count). The quantitative estimate of drug-likeness (QED) is 0.574. The summed E-state index contributed by atoms with van der Waals surface area (Å²) in [6.07, 6.45) is 9.25. The third-order valence-corrected chi connectivity index (χ3v) is 3.56. The van der Waals surface area contributed by atoms with Gasteiger partial charge in [0, 0.05) is 6.54 Å². The fourth-order valence-corrected chi connectivity index (χ4v) is 2.29. The Labute approximate surface area is 121 Å². The van der Waals surface area contributed by atoms with Gasteiger partial charge in [-0.05, 0) is 30.7 Å². The average molecular weight is 286 g/mol. The second kappa shape index (κ2) is 10.2. The van der Waals surface area contributed by atoms with Crippen molar-refractivity contribution in [1.82, 2.24) is 5.32 Å². The zero-order valence-corrected chi connectivity index (χ0v) is 12.6. The molecule has 0 saturated carbocycles. The molecular formula is C16H25ClFN. The molecule has 0 radical (unpaired) electrons. The summed E-state index contributed by atoms with van der Waals surface area (Å²) in [5.74, 6) is -0.350. The zero-order valence-electron chi connectivity index (χ0n) is 11.9. The molecule has 0 aliphatic rings. The second-order valence-electron chi connectivity index (χ2n) is 5.05. The molecule has 0 bridgehead atoms. The molecule has 108 valence electrons. The van der Waals surface area contributed by atoms with Gasteiger partial charge >= 0.3 is 0 Å². The number of halogens is 2. The van der Waals surface area contributed by atoms with Crippen LogP contribution in [0.25, 0.3) is 0 Å². The Kier molecular flexibility index (Phi) is 8.85. The Morgan fingerprint density at radius 2 is 1.74 bits per heavy atom. The summed E-state index contributed by atoms with van der Waals surface area (Å²) in [5, 5.41) is 3.57. The van der Waals surface area contributed by atoms with E-state index in [0.29, 0.717) is 0 Å². The van der Waals surface area contributed by atoms with Crippen molar-refractivity contribution in [2.75, 3.05) is 6.54 Å². The van der Waals surface area contributed by atoms with Gasteiger partial charge in [-0.3, -0.25) is 0 Å². The Morgan fingerprint density at radius 3 is 2.42 bits per heavy atom. The molecule has 0 aromatic heterocycles. The van der Waals surface area contributed by atoms with Crippen LogP contribution in [0.5, 0.6) is 0 Å². The molecule has 0 aliphatic carbocycles. The van der Waals surface area contributed by atoms with Crippen molar-refractivity contribution in [3.63, 3.8) is 0 Å². The number of hydrogen-bond acceptors (Lipinski definition) is 1. The number of benzene rings is 1. The van der Waals surface area contributed by atoms with Gasteiger partial charge in [0.15, 0.2) is 0 Å². The van der Waals surface area contributed by atoms with Crippen molar-refractivity contribution in [1.29, 1.82) is 0 Å². The lowest BCUT2D eigenvalue weighted by atomic mass is 10.1. The van der Waals surface area contributed by atoms with Crippen LogP contribution in [0.2, 0.25) is 5.02 Å². The highest BCUT2D eigenvalue weighted by atomic mass is 35.5. The summed E-state index contributed by atoms with van der Waals surface area (Å²) < 4.78 is 13.0. The van der Waals surface area contributed by atoms with Gasteiger partial charge in [-0.2, -0.15) is 0 Å². The van der Waals surface area contributed by atoms with Gasteiger partial charge in [0.2, 0.25) is 0 Å². The molecule has 0 atom stereocenters. The Balaban J connectivity index is 2.00. The minimum atomic E-state index is -0.350. The highest BCUT2D eigenvalue weighted by Crippen LogP contribution is 2.15. The van der Waals surface area contributed by atoms with E-state index in [0.717, 1.165) is 18.7 Å². The van der Waals surface area contributed by atoms with E-state index < -0.39 is 0 Å². The van der Waals surface area contributed by atoms with E-state index >= 15 is 0 Å². The van der Waals surface area contributed by atoms with Gasteiger partial charge in [-0.15, -0.1) is 0 Å². The highest BCUT2D eigenvalue weighted by molar-refractivity contribution is 6.30. The fourth-order valence-electron chi connectivity index (χ4n) is 2.09. The molecule has 0 heterocycles. The minimum absolute atomic E-state index is 0.204. The number of hydrogen-bond donors (Lipinski definition) is 1. The molecule has 0 spiro atoms. The molecule has 1 N–H and O–H groups in total. The summed E-state index contributed by atoms with van der Waals surface area (Å²) in [7, 11) is 0. The normalized spacial score (nSPS) is 10.9. The van der Waals surface area contributed by atoms with Crippen molar-refractivity contribution < 1.29 is 4.39 Å². The highest BCUT2D eigenvalue weighted by Gasteiger charge is 2.00. The zero-order chi connectivity index (χ0) is 13.9. The van der Waals surface area contributed by atoms with Crippen LogP contribution >= 0.6 is 11.6 Å². The van der Waals surface area contributed by atoms with Crippen molar-refractivity contribution in [2.45, 2.75) is 58.4 Å². The molecule has 0 amide bonds. The first-order chi connectivity index (χ1) is 9.24. The van der Waals surface area contributed by atoms with Crippen LogP contribution in [0.4, 0.5) is 4.39 Å². The summed E-state index contributed by atoms with van der Waals surface area (Å²) >= 11 is 5.73. The third-order valence-electron chi connectivity index (χ3n) is 3.27. The van der Waals surface area contributed by atoms with E-state index in [1.165, 1.54) is 51.0 Å². The van der Waals surface area contributed by atoms with E-state index in [4.69, 9.17) is 11.6 Å². The van der Waals surface area contributed by atoms with Crippen LogP contribution in [0.3, 0.4) is 0 Å². The van der Waals surface area contributed by atoms with E-state index in [-0.39, 0.29) is 10.8 Å². The number of rotatable bonds is 10. The first-order valence-corrected chi connectivity index (χ1v) is 7.76. The molecule has 0 saturated heterocycles. The fraction of sp³-hybridized carbons (Fsp3) is 0.625. The van der Waals surface area contributed by atoms with Crippen molar-refractivity contribution in [3.8, 4) is 0 Å². The lowest BCUT2D eigenvalue weighted by Gasteiger charge is -2.06. The monoisotopic (exact) mass is 285 g/mol. The second-order valence-corrected chi connectivity index (χ2v) is 5.45. The van der Waals surface area contributed by atoms with E-state index in [2.05, 4.69) is 12.2 Å². The van der Waals surface area contributed by atoms with Crippen LogP contribution in [-0.4, -0.2) is 6.54 Å². The lowest BCUT2D eigenvalue weighted by Crippen LogP contribution is -2.14. The van der Waals surface area contributed by atoms with Gasteiger partial charge in [0.1, 0.15) is 5.82 Å². The topological polar surface area (TPSA) is 12.0 Å². The molecule has 0 aliphatic heterocycles. The molecular weight excluding hydrogens is 261 g/mol. The number of nitrogens with one attached hydrogen (secondary N) is 1. The predicted molar refractivity (Wildman–Crippen MR) is 81.1 cm³/mol. The van der Waals surface area contributed by atoms with Crippen LogP contribution in [-0.2, 0) is 6.54 Å². The maximum absolute atomic E-state index is 13.0.